The van der Waals surface area contributed by atoms with Crippen molar-refractivity contribution >= 4 is 29.2 Å². The highest BCUT2D eigenvalue weighted by Crippen LogP contribution is 2.30. The van der Waals surface area contributed by atoms with Gasteiger partial charge in [0.1, 0.15) is 11.9 Å². The van der Waals surface area contributed by atoms with Crippen LogP contribution in [-0.4, -0.2) is 60.3 Å². The lowest BCUT2D eigenvalue weighted by molar-refractivity contribution is -0.143. The normalized spacial score (nSPS) is 18.3. The molecule has 1 fully saturated rings. The van der Waals surface area contributed by atoms with Crippen LogP contribution < -0.4 is 20.8 Å². The molecule has 0 spiro atoms. The molecule has 1 aromatic heterocycles. The first-order valence-electron chi connectivity index (χ1n) is 9.29. The van der Waals surface area contributed by atoms with Crippen LogP contribution in [0, 0.1) is 0 Å². The van der Waals surface area contributed by atoms with E-state index in [2.05, 4.69) is 9.97 Å². The van der Waals surface area contributed by atoms with Gasteiger partial charge in [0.2, 0.25) is 0 Å². The van der Waals surface area contributed by atoms with Crippen LogP contribution >= 0.6 is 12.4 Å². The number of aromatic amines is 1. The van der Waals surface area contributed by atoms with Gasteiger partial charge >= 0.3 is 0 Å². The lowest BCUT2D eigenvalue weighted by Gasteiger charge is -2.24. The Balaban J connectivity index is 0.00000300. The highest BCUT2D eigenvalue weighted by Gasteiger charge is 2.32. The Morgan fingerprint density at radius 1 is 1.31 bits per heavy atom. The molecule has 3 N–H and O–H groups in total. The van der Waals surface area contributed by atoms with Gasteiger partial charge in [0.15, 0.2) is 11.5 Å². The van der Waals surface area contributed by atoms with Crippen LogP contribution in [0.3, 0.4) is 0 Å². The molecule has 9 nitrogen and oxygen atoms in total. The third-order valence-corrected chi connectivity index (χ3v) is 4.94. The first-order chi connectivity index (χ1) is 13.5. The molecule has 160 valence electrons. The summed E-state index contributed by atoms with van der Waals surface area (Å²) in [6.45, 7) is 2.93. The molecule has 1 aliphatic rings. The number of methoxy groups -OCH3 is 2. The second-order valence-electron chi connectivity index (χ2n) is 6.65. The fourth-order valence-corrected chi connectivity index (χ4v) is 3.38. The maximum atomic E-state index is 12.8. The molecule has 2 atom stereocenters. The van der Waals surface area contributed by atoms with E-state index in [4.69, 9.17) is 19.9 Å². The van der Waals surface area contributed by atoms with Crippen molar-refractivity contribution in [3.05, 3.63) is 28.3 Å². The number of benzene rings is 1. The van der Waals surface area contributed by atoms with Crippen LogP contribution in [-0.2, 0) is 16.1 Å². The summed E-state index contributed by atoms with van der Waals surface area (Å²) in [4.78, 5) is 34.2. The van der Waals surface area contributed by atoms with Gasteiger partial charge in [-0.15, -0.1) is 12.4 Å². The first-order valence-corrected chi connectivity index (χ1v) is 9.29. The molecule has 0 bridgehead atoms. The van der Waals surface area contributed by atoms with E-state index in [1.165, 1.54) is 14.2 Å². The predicted molar refractivity (Wildman–Crippen MR) is 111 cm³/mol. The van der Waals surface area contributed by atoms with E-state index in [0.717, 1.165) is 6.42 Å². The van der Waals surface area contributed by atoms with E-state index in [0.29, 0.717) is 47.7 Å². The van der Waals surface area contributed by atoms with Crippen LogP contribution in [0.1, 0.15) is 25.6 Å². The number of halogens is 1. The third kappa shape index (κ3) is 4.80. The number of nitrogens with two attached hydrogens (primary N) is 1. The molecule has 0 radical (unpaired) electrons. The number of rotatable bonds is 7. The monoisotopic (exact) mass is 426 g/mol. The maximum Gasteiger partial charge on any atom is 0.258 e. The molecule has 0 aliphatic carbocycles. The molecule has 0 saturated carbocycles. The van der Waals surface area contributed by atoms with Gasteiger partial charge in [0, 0.05) is 19.2 Å². The van der Waals surface area contributed by atoms with Crippen molar-refractivity contribution in [1.29, 1.82) is 0 Å². The highest BCUT2D eigenvalue weighted by atomic mass is 35.5. The molecule has 0 unspecified atom stereocenters. The van der Waals surface area contributed by atoms with E-state index in [-0.39, 0.29) is 36.5 Å². The SMILES string of the molecule is CCN(Cc1nc2cc(OC)c(OC)cc2c(=O)[nH]1)C(=O)[C@@H]1CC[C@H](CN)O1.Cl. The summed E-state index contributed by atoms with van der Waals surface area (Å²) >= 11 is 0. The number of fused-ring (bicyclic) bond motifs is 1. The molecule has 10 heteroatoms. The Morgan fingerprint density at radius 3 is 2.59 bits per heavy atom. The van der Waals surface area contributed by atoms with Crippen molar-refractivity contribution < 1.29 is 19.0 Å². The van der Waals surface area contributed by atoms with E-state index in [1.807, 2.05) is 6.92 Å². The summed E-state index contributed by atoms with van der Waals surface area (Å²) in [7, 11) is 3.02. The molecular formula is C19H27ClN4O5. The number of likely N-dealkylation sites (N-methyl/N-ethyl adjacent to an activating group) is 1. The molecule has 1 aromatic carbocycles. The first kappa shape index (κ1) is 22.9. The zero-order chi connectivity index (χ0) is 20.3. The number of hydrogen-bond donors (Lipinski definition) is 2. The van der Waals surface area contributed by atoms with Crippen LogP contribution in [0.2, 0.25) is 0 Å². The maximum absolute atomic E-state index is 12.8. The molecule has 1 amide bonds. The van der Waals surface area contributed by atoms with Crippen molar-refractivity contribution in [1.82, 2.24) is 14.9 Å². The summed E-state index contributed by atoms with van der Waals surface area (Å²) in [5.41, 5.74) is 5.79. The number of hydrogen-bond acceptors (Lipinski definition) is 7. The average Bonchev–Trinajstić information content (AvgIpc) is 3.19. The van der Waals surface area contributed by atoms with Gasteiger partial charge in [0.05, 0.1) is 37.8 Å². The van der Waals surface area contributed by atoms with Crippen LogP contribution in [0.5, 0.6) is 11.5 Å². The van der Waals surface area contributed by atoms with Gasteiger partial charge in [-0.3, -0.25) is 9.59 Å². The van der Waals surface area contributed by atoms with Crippen molar-refractivity contribution in [3.8, 4) is 11.5 Å². The van der Waals surface area contributed by atoms with E-state index < -0.39 is 6.10 Å². The molecule has 1 aliphatic heterocycles. The fraction of sp³-hybridized carbons (Fsp3) is 0.526. The van der Waals surface area contributed by atoms with Crippen molar-refractivity contribution in [2.75, 3.05) is 27.3 Å². The number of aromatic nitrogens is 2. The lowest BCUT2D eigenvalue weighted by Crippen LogP contribution is -2.39. The number of H-pyrrole nitrogens is 1. The minimum Gasteiger partial charge on any atom is -0.493 e. The molecule has 1 saturated heterocycles. The van der Waals surface area contributed by atoms with E-state index >= 15 is 0 Å². The standard InChI is InChI=1S/C19H26N4O5.ClH/c1-4-23(19(25)14-6-5-11(9-20)28-14)10-17-21-13-8-16(27-3)15(26-2)7-12(13)18(24)22-17;/h7-8,11,14H,4-6,9-10,20H2,1-3H3,(H,21,22,24);1H/t11-,14+;/m1./s1. The van der Waals surface area contributed by atoms with Crippen molar-refractivity contribution in [2.24, 2.45) is 5.73 Å². The Hall–Kier alpha value is -2.36. The van der Waals surface area contributed by atoms with Crippen molar-refractivity contribution in [2.45, 2.75) is 38.5 Å². The number of nitrogens with one attached hydrogen (secondary N) is 1. The third-order valence-electron chi connectivity index (χ3n) is 4.94. The van der Waals surface area contributed by atoms with Gasteiger partial charge in [0.25, 0.3) is 11.5 Å². The number of amides is 1. The second-order valence-corrected chi connectivity index (χ2v) is 6.65. The summed E-state index contributed by atoms with van der Waals surface area (Å²) in [5, 5.41) is 0.390. The van der Waals surface area contributed by atoms with E-state index in [9.17, 15) is 9.59 Å². The zero-order valence-electron chi connectivity index (χ0n) is 16.8. The van der Waals surface area contributed by atoms with Gasteiger partial charge in [-0.1, -0.05) is 0 Å². The summed E-state index contributed by atoms with van der Waals surface area (Å²) in [5.74, 6) is 1.21. The van der Waals surface area contributed by atoms with Gasteiger partial charge < -0.3 is 29.8 Å². The number of ether oxygens (including phenoxy) is 3. The van der Waals surface area contributed by atoms with E-state index in [1.54, 1.807) is 17.0 Å². The predicted octanol–water partition coefficient (Wildman–Crippen LogP) is 1.22. The van der Waals surface area contributed by atoms with Crippen LogP contribution in [0.25, 0.3) is 10.9 Å². The Morgan fingerprint density at radius 2 is 2.00 bits per heavy atom. The zero-order valence-corrected chi connectivity index (χ0v) is 17.6. The number of carbonyl (C=O) groups is 1. The summed E-state index contributed by atoms with van der Waals surface area (Å²) in [6, 6.07) is 3.24. The topological polar surface area (TPSA) is 120 Å². The molecule has 2 aromatic rings. The Kier molecular flexibility index (Phi) is 7.83. The molecule has 29 heavy (non-hydrogen) atoms. The molecule has 2 heterocycles. The van der Waals surface area contributed by atoms with Gasteiger partial charge in [-0.2, -0.15) is 0 Å². The Bertz CT molecular complexity index is 919. The minimum atomic E-state index is -0.495. The molecular weight excluding hydrogens is 400 g/mol. The number of carbonyl (C=O) groups excluding carboxylic acids is 1. The smallest absolute Gasteiger partial charge is 0.258 e. The summed E-state index contributed by atoms with van der Waals surface area (Å²) < 4.78 is 16.2. The van der Waals surface area contributed by atoms with Crippen molar-refractivity contribution in [3.63, 3.8) is 0 Å². The van der Waals surface area contributed by atoms with Crippen LogP contribution in [0.15, 0.2) is 16.9 Å². The van der Waals surface area contributed by atoms with Gasteiger partial charge in [-0.05, 0) is 25.8 Å². The summed E-state index contributed by atoms with van der Waals surface area (Å²) in [6.07, 6.45) is 0.853. The Labute approximate surface area is 174 Å². The molecule has 3 rings (SSSR count). The minimum absolute atomic E-state index is 0. The fourth-order valence-electron chi connectivity index (χ4n) is 3.38. The highest BCUT2D eigenvalue weighted by molar-refractivity contribution is 5.85. The van der Waals surface area contributed by atoms with Gasteiger partial charge in [-0.25, -0.2) is 4.98 Å². The quantitative estimate of drug-likeness (QED) is 0.682. The average molecular weight is 427 g/mol. The van der Waals surface area contributed by atoms with Crippen LogP contribution in [0.4, 0.5) is 0 Å². The largest absolute Gasteiger partial charge is 0.493 e. The second kappa shape index (κ2) is 9.91. The lowest BCUT2D eigenvalue weighted by atomic mass is 10.1. The number of nitrogens with zero attached hydrogens (tertiary/aromatic N) is 2.